The molecule has 17 heavy (non-hydrogen) atoms. The minimum atomic E-state index is -0.146. The Morgan fingerprint density at radius 2 is 2.18 bits per heavy atom. The van der Waals surface area contributed by atoms with Crippen molar-refractivity contribution in [2.24, 2.45) is 0 Å². The van der Waals surface area contributed by atoms with Gasteiger partial charge in [0.2, 0.25) is 0 Å². The molecule has 0 aliphatic heterocycles. The summed E-state index contributed by atoms with van der Waals surface area (Å²) in [7, 11) is 5.63. The maximum absolute atomic E-state index is 11.8. The predicted molar refractivity (Wildman–Crippen MR) is 69.7 cm³/mol. The highest BCUT2D eigenvalue weighted by molar-refractivity contribution is 6.29. The van der Waals surface area contributed by atoms with Crippen LogP contribution in [0.2, 0.25) is 5.15 Å². The lowest BCUT2D eigenvalue weighted by molar-refractivity contribution is 0.0951. The van der Waals surface area contributed by atoms with E-state index in [1.807, 2.05) is 19.0 Å². The van der Waals surface area contributed by atoms with Crippen LogP contribution in [0.25, 0.3) is 0 Å². The van der Waals surface area contributed by atoms with Gasteiger partial charge in [-0.3, -0.25) is 4.79 Å². The summed E-state index contributed by atoms with van der Waals surface area (Å²) in [5.74, 6) is 0.433. The van der Waals surface area contributed by atoms with Crippen molar-refractivity contribution in [3.8, 4) is 0 Å². The molecule has 0 fully saturated rings. The molecule has 0 aliphatic carbocycles. The average molecular weight is 257 g/mol. The zero-order valence-corrected chi connectivity index (χ0v) is 11.0. The lowest BCUT2D eigenvalue weighted by atomic mass is 10.2. The summed E-state index contributed by atoms with van der Waals surface area (Å²) in [6.07, 6.45) is 0. The van der Waals surface area contributed by atoms with Gasteiger partial charge in [-0.05, 0) is 26.2 Å². The summed E-state index contributed by atoms with van der Waals surface area (Å²) in [5.41, 5.74) is 0.508. The first-order chi connectivity index (χ1) is 8.02. The van der Waals surface area contributed by atoms with Crippen LogP contribution >= 0.6 is 11.6 Å². The van der Waals surface area contributed by atoms with Gasteiger partial charge in [0.05, 0.1) is 0 Å². The van der Waals surface area contributed by atoms with Gasteiger partial charge in [-0.25, -0.2) is 4.98 Å². The Morgan fingerprint density at radius 1 is 1.47 bits per heavy atom. The molecule has 94 valence electrons. The van der Waals surface area contributed by atoms with E-state index in [0.717, 1.165) is 6.54 Å². The summed E-state index contributed by atoms with van der Waals surface area (Å²) in [6.45, 7) is 1.39. The first-order valence-electron chi connectivity index (χ1n) is 5.31. The minimum Gasteiger partial charge on any atom is -0.373 e. The van der Waals surface area contributed by atoms with E-state index in [-0.39, 0.29) is 5.91 Å². The zero-order chi connectivity index (χ0) is 12.8. The third-order valence-electron chi connectivity index (χ3n) is 2.16. The van der Waals surface area contributed by atoms with E-state index in [1.54, 1.807) is 19.2 Å². The SMILES string of the molecule is CNc1cc(C(=O)NCCN(C)C)cc(Cl)n1. The Labute approximate surface area is 106 Å². The van der Waals surface area contributed by atoms with Crippen molar-refractivity contribution in [2.75, 3.05) is 39.5 Å². The summed E-state index contributed by atoms with van der Waals surface area (Å²) < 4.78 is 0. The van der Waals surface area contributed by atoms with Crippen LogP contribution in [0.15, 0.2) is 12.1 Å². The number of nitrogens with zero attached hydrogens (tertiary/aromatic N) is 2. The van der Waals surface area contributed by atoms with Gasteiger partial charge in [-0.15, -0.1) is 0 Å². The van der Waals surface area contributed by atoms with Gasteiger partial charge in [0.15, 0.2) is 0 Å². The number of nitrogens with one attached hydrogen (secondary N) is 2. The van der Waals surface area contributed by atoms with Gasteiger partial charge < -0.3 is 15.5 Å². The number of pyridine rings is 1. The quantitative estimate of drug-likeness (QED) is 0.774. The van der Waals surface area contributed by atoms with Crippen molar-refractivity contribution in [1.29, 1.82) is 0 Å². The topological polar surface area (TPSA) is 57.3 Å². The molecule has 2 N–H and O–H groups in total. The van der Waals surface area contributed by atoms with Gasteiger partial charge in [0.1, 0.15) is 11.0 Å². The number of halogens is 1. The number of amides is 1. The highest BCUT2D eigenvalue weighted by Gasteiger charge is 2.08. The number of anilines is 1. The Morgan fingerprint density at radius 3 is 2.76 bits per heavy atom. The van der Waals surface area contributed by atoms with Gasteiger partial charge in [0, 0.05) is 25.7 Å². The molecule has 0 atom stereocenters. The molecule has 0 aliphatic rings. The molecule has 1 aromatic heterocycles. The highest BCUT2D eigenvalue weighted by Crippen LogP contribution is 2.13. The molecule has 0 spiro atoms. The van der Waals surface area contributed by atoms with E-state index in [0.29, 0.717) is 23.1 Å². The average Bonchev–Trinajstić information content (AvgIpc) is 2.27. The molecule has 0 unspecified atom stereocenters. The predicted octanol–water partition coefficient (Wildman–Crippen LogP) is 1.07. The van der Waals surface area contributed by atoms with Crippen LogP contribution in [0.1, 0.15) is 10.4 Å². The third kappa shape index (κ3) is 4.58. The van der Waals surface area contributed by atoms with Crippen LogP contribution in [0.3, 0.4) is 0 Å². The Kier molecular flexibility index (Phi) is 5.18. The van der Waals surface area contributed by atoms with Gasteiger partial charge in [0.25, 0.3) is 5.91 Å². The third-order valence-corrected chi connectivity index (χ3v) is 2.35. The zero-order valence-electron chi connectivity index (χ0n) is 10.2. The monoisotopic (exact) mass is 256 g/mol. The fourth-order valence-corrected chi connectivity index (χ4v) is 1.46. The number of hydrogen-bond acceptors (Lipinski definition) is 4. The van der Waals surface area contributed by atoms with E-state index in [9.17, 15) is 4.79 Å². The number of carbonyl (C=O) groups is 1. The summed E-state index contributed by atoms with van der Waals surface area (Å²) in [5, 5.41) is 5.97. The van der Waals surface area contributed by atoms with E-state index in [4.69, 9.17) is 11.6 Å². The van der Waals surface area contributed by atoms with E-state index in [2.05, 4.69) is 15.6 Å². The summed E-state index contributed by atoms with van der Waals surface area (Å²) in [4.78, 5) is 17.8. The van der Waals surface area contributed by atoms with Gasteiger partial charge in [-0.2, -0.15) is 0 Å². The van der Waals surface area contributed by atoms with E-state index in [1.165, 1.54) is 0 Å². The van der Waals surface area contributed by atoms with Gasteiger partial charge in [-0.1, -0.05) is 11.6 Å². The van der Waals surface area contributed by atoms with Crippen molar-refractivity contribution >= 4 is 23.3 Å². The van der Waals surface area contributed by atoms with Crippen LogP contribution in [0, 0.1) is 0 Å². The fourth-order valence-electron chi connectivity index (χ4n) is 1.25. The molecule has 1 aromatic rings. The molecule has 1 rings (SSSR count). The van der Waals surface area contributed by atoms with Crippen LogP contribution < -0.4 is 10.6 Å². The molecule has 1 amide bonds. The molecule has 6 heteroatoms. The summed E-state index contributed by atoms with van der Waals surface area (Å²) in [6, 6.07) is 3.21. The van der Waals surface area contributed by atoms with Crippen molar-refractivity contribution in [1.82, 2.24) is 15.2 Å². The maximum Gasteiger partial charge on any atom is 0.251 e. The second-order valence-electron chi connectivity index (χ2n) is 3.87. The lowest BCUT2D eigenvalue weighted by Gasteiger charge is -2.11. The number of carbonyl (C=O) groups excluding carboxylic acids is 1. The normalized spacial score (nSPS) is 10.4. The van der Waals surface area contributed by atoms with Crippen molar-refractivity contribution in [3.05, 3.63) is 22.8 Å². The smallest absolute Gasteiger partial charge is 0.251 e. The lowest BCUT2D eigenvalue weighted by Crippen LogP contribution is -2.31. The Bertz CT molecular complexity index is 395. The van der Waals surface area contributed by atoms with Crippen molar-refractivity contribution in [3.63, 3.8) is 0 Å². The molecular weight excluding hydrogens is 240 g/mol. The number of hydrogen-bond donors (Lipinski definition) is 2. The largest absolute Gasteiger partial charge is 0.373 e. The second kappa shape index (κ2) is 6.42. The molecule has 0 aromatic carbocycles. The first kappa shape index (κ1) is 13.7. The molecule has 0 bridgehead atoms. The van der Waals surface area contributed by atoms with Crippen LogP contribution in [-0.4, -0.2) is 50.0 Å². The first-order valence-corrected chi connectivity index (χ1v) is 5.69. The minimum absolute atomic E-state index is 0.146. The van der Waals surface area contributed by atoms with E-state index >= 15 is 0 Å². The summed E-state index contributed by atoms with van der Waals surface area (Å²) >= 11 is 5.82. The number of rotatable bonds is 5. The Balaban J connectivity index is 2.65. The van der Waals surface area contributed by atoms with Crippen LogP contribution in [-0.2, 0) is 0 Å². The number of aromatic nitrogens is 1. The van der Waals surface area contributed by atoms with Crippen molar-refractivity contribution in [2.45, 2.75) is 0 Å². The molecule has 0 radical (unpaired) electrons. The highest BCUT2D eigenvalue weighted by atomic mass is 35.5. The van der Waals surface area contributed by atoms with Gasteiger partial charge >= 0.3 is 0 Å². The van der Waals surface area contributed by atoms with Crippen LogP contribution in [0.4, 0.5) is 5.82 Å². The van der Waals surface area contributed by atoms with Crippen LogP contribution in [0.5, 0.6) is 0 Å². The maximum atomic E-state index is 11.8. The number of likely N-dealkylation sites (N-methyl/N-ethyl adjacent to an activating group) is 1. The van der Waals surface area contributed by atoms with E-state index < -0.39 is 0 Å². The molecule has 0 saturated carbocycles. The molecular formula is C11H17ClN4O. The van der Waals surface area contributed by atoms with Crippen molar-refractivity contribution < 1.29 is 4.79 Å². The fraction of sp³-hybridized carbons (Fsp3) is 0.455. The molecule has 1 heterocycles. The second-order valence-corrected chi connectivity index (χ2v) is 4.26. The molecule has 5 nitrogen and oxygen atoms in total. The Hall–Kier alpha value is -1.33. The molecule has 0 saturated heterocycles. The standard InChI is InChI=1S/C11H17ClN4O/c1-13-10-7-8(6-9(12)15-10)11(17)14-4-5-16(2)3/h6-7H,4-5H2,1-3H3,(H,13,15)(H,14,17).